The van der Waals surface area contributed by atoms with Gasteiger partial charge in [-0.1, -0.05) is 30.7 Å². The van der Waals surface area contributed by atoms with Crippen molar-refractivity contribution in [3.63, 3.8) is 0 Å². The fraction of sp³-hybridized carbons (Fsp3) is 0.438. The minimum Gasteiger partial charge on any atom is -0.393 e. The summed E-state index contributed by atoms with van der Waals surface area (Å²) in [6.07, 6.45) is 1.77. The van der Waals surface area contributed by atoms with Crippen LogP contribution in [-0.2, 0) is 27.3 Å². The first-order valence-electron chi connectivity index (χ1n) is 14.5. The summed E-state index contributed by atoms with van der Waals surface area (Å²) in [6.45, 7) is 1.57. The Bertz CT molecular complexity index is 1610. The number of nitrogens with zero attached hydrogens (tertiary/aromatic N) is 4. The van der Waals surface area contributed by atoms with Crippen LogP contribution in [0.3, 0.4) is 0 Å². The van der Waals surface area contributed by atoms with Crippen molar-refractivity contribution in [2.75, 3.05) is 13.2 Å². The number of hydrogen-bond donors (Lipinski definition) is 2. The summed E-state index contributed by atoms with van der Waals surface area (Å²) in [4.78, 5) is 24.2. The van der Waals surface area contributed by atoms with Gasteiger partial charge in [0.05, 0.1) is 35.4 Å². The van der Waals surface area contributed by atoms with Crippen molar-refractivity contribution in [1.29, 1.82) is 5.26 Å². The van der Waals surface area contributed by atoms with E-state index in [1.807, 2.05) is 6.07 Å². The van der Waals surface area contributed by atoms with Crippen molar-refractivity contribution in [1.82, 2.24) is 14.9 Å². The molecule has 1 saturated carbocycles. The minimum absolute atomic E-state index is 0.0606. The molecule has 2 N–H and O–H groups in total. The van der Waals surface area contributed by atoms with Crippen molar-refractivity contribution in [3.8, 4) is 6.07 Å². The zero-order valence-electron chi connectivity index (χ0n) is 24.0. The van der Waals surface area contributed by atoms with Crippen LogP contribution in [0.15, 0.2) is 48.8 Å². The maximum Gasteiger partial charge on any atom is 0.257 e. The van der Waals surface area contributed by atoms with Crippen molar-refractivity contribution in [2.45, 2.75) is 74.8 Å². The van der Waals surface area contributed by atoms with E-state index in [0.717, 1.165) is 6.07 Å². The molecule has 6 rings (SSSR count). The van der Waals surface area contributed by atoms with Gasteiger partial charge in [0.1, 0.15) is 29.0 Å². The molecule has 1 aromatic heterocycles. The van der Waals surface area contributed by atoms with E-state index in [4.69, 9.17) is 21.1 Å². The van der Waals surface area contributed by atoms with Gasteiger partial charge in [0.15, 0.2) is 0 Å². The normalized spacial score (nSPS) is 25.6. The van der Waals surface area contributed by atoms with Gasteiger partial charge in [0, 0.05) is 49.0 Å². The first-order valence-corrected chi connectivity index (χ1v) is 14.9. The number of carbonyl (C=O) groups excluding carboxylic acids is 1. The molecule has 9 nitrogen and oxygen atoms in total. The van der Waals surface area contributed by atoms with E-state index >= 15 is 8.78 Å². The van der Waals surface area contributed by atoms with E-state index in [1.54, 1.807) is 31.2 Å². The molecule has 3 heterocycles. The van der Waals surface area contributed by atoms with Gasteiger partial charge >= 0.3 is 0 Å². The number of nitriles is 1. The van der Waals surface area contributed by atoms with Crippen LogP contribution in [0.4, 0.5) is 8.78 Å². The molecule has 44 heavy (non-hydrogen) atoms. The van der Waals surface area contributed by atoms with Crippen LogP contribution in [0.1, 0.15) is 77.5 Å². The van der Waals surface area contributed by atoms with Crippen molar-refractivity contribution >= 4 is 17.5 Å². The molecule has 0 spiro atoms. The average Bonchev–Trinajstić information content (AvgIpc) is 3.24. The first kappa shape index (κ1) is 30.5. The minimum atomic E-state index is -2.11. The summed E-state index contributed by atoms with van der Waals surface area (Å²) in [6, 6.07) is 10.8. The molecule has 3 aromatic rings. The Morgan fingerprint density at radius 2 is 1.86 bits per heavy atom. The number of rotatable bonds is 8. The van der Waals surface area contributed by atoms with Crippen molar-refractivity contribution in [3.05, 3.63) is 93.3 Å². The second kappa shape index (κ2) is 11.4. The molecule has 0 radical (unpaired) electrons. The number of fused-ring (bicyclic) bond motifs is 1. The second-order valence-electron chi connectivity index (χ2n) is 11.6. The molecule has 1 aliphatic carbocycles. The van der Waals surface area contributed by atoms with Gasteiger partial charge in [-0.2, -0.15) is 5.26 Å². The molecule has 1 saturated heterocycles. The van der Waals surface area contributed by atoms with Gasteiger partial charge in [-0.3, -0.25) is 9.69 Å². The molecule has 0 bridgehead atoms. The van der Waals surface area contributed by atoms with E-state index in [0.29, 0.717) is 10.6 Å². The fourth-order valence-corrected chi connectivity index (χ4v) is 6.66. The largest absolute Gasteiger partial charge is 0.393 e. The molecular weight excluding hydrogens is 594 g/mol. The lowest BCUT2D eigenvalue weighted by molar-refractivity contribution is -0.191. The Morgan fingerprint density at radius 1 is 1.20 bits per heavy atom. The smallest absolute Gasteiger partial charge is 0.257 e. The molecule has 2 aromatic carbocycles. The third-order valence-corrected chi connectivity index (χ3v) is 9.33. The van der Waals surface area contributed by atoms with Gasteiger partial charge in [-0.15, -0.1) is 0 Å². The van der Waals surface area contributed by atoms with Gasteiger partial charge in [0.2, 0.25) is 5.72 Å². The van der Waals surface area contributed by atoms with Crippen molar-refractivity contribution in [2.24, 2.45) is 0 Å². The summed E-state index contributed by atoms with van der Waals surface area (Å²) in [7, 11) is 0. The van der Waals surface area contributed by atoms with Crippen LogP contribution in [0.2, 0.25) is 5.02 Å². The van der Waals surface area contributed by atoms with Crippen molar-refractivity contribution < 1.29 is 33.3 Å². The van der Waals surface area contributed by atoms with E-state index in [9.17, 15) is 20.3 Å². The number of alkyl halides is 1. The van der Waals surface area contributed by atoms with Crippen LogP contribution in [-0.4, -0.2) is 62.1 Å². The highest BCUT2D eigenvalue weighted by Gasteiger charge is 2.58. The maximum absolute atomic E-state index is 16.7. The fourth-order valence-electron chi connectivity index (χ4n) is 6.53. The lowest BCUT2D eigenvalue weighted by Gasteiger charge is -2.45. The summed E-state index contributed by atoms with van der Waals surface area (Å²) >= 11 is 6.21. The third kappa shape index (κ3) is 4.86. The zero-order valence-corrected chi connectivity index (χ0v) is 24.7. The van der Waals surface area contributed by atoms with E-state index in [2.05, 4.69) is 9.97 Å². The molecule has 2 atom stereocenters. The van der Waals surface area contributed by atoms with Crippen LogP contribution in [0.5, 0.6) is 0 Å². The van der Waals surface area contributed by atoms with E-state index < -0.39 is 40.9 Å². The van der Waals surface area contributed by atoms with Gasteiger partial charge in [-0.05, 0) is 49.1 Å². The number of aliphatic hydroxyl groups is 2. The standard InChI is InChI=1S/C32H31ClF2N4O5/c1-2-31(42,30(35)7-9-43-10-8-30)21-11-25-28(26(34)12-21)32(44-24-13-23(40)14-24,20-3-5-22(33)6-4-20)39(29(25)41)18-27-37-16-19(15-36)17-38-27/h3-6,11-12,16-17,23-24,40,42H,2,7-10,13-14,18H2,1H3/t23?,24?,31-,32-/m1/s1. The highest BCUT2D eigenvalue weighted by molar-refractivity contribution is 6.30. The molecule has 12 heteroatoms. The number of benzene rings is 2. The molecule has 2 aliphatic heterocycles. The Kier molecular flexibility index (Phi) is 7.93. The van der Waals surface area contributed by atoms with Crippen LogP contribution in [0, 0.1) is 17.1 Å². The molecule has 3 aliphatic rings. The lowest BCUT2D eigenvalue weighted by Crippen LogP contribution is -2.52. The molecule has 0 unspecified atom stereocenters. The molecular formula is C32H31ClF2N4O5. The lowest BCUT2D eigenvalue weighted by atomic mass is 9.72. The average molecular weight is 625 g/mol. The van der Waals surface area contributed by atoms with Crippen LogP contribution in [0.25, 0.3) is 0 Å². The van der Waals surface area contributed by atoms with Crippen LogP contribution < -0.4 is 0 Å². The van der Waals surface area contributed by atoms with Crippen LogP contribution >= 0.6 is 11.6 Å². The number of halogens is 3. The number of aliphatic hydroxyl groups excluding tert-OH is 1. The predicted octanol–water partition coefficient (Wildman–Crippen LogP) is 4.65. The van der Waals surface area contributed by atoms with Gasteiger partial charge in [0.25, 0.3) is 5.91 Å². The Labute approximate surface area is 258 Å². The van der Waals surface area contributed by atoms with Gasteiger partial charge < -0.3 is 19.7 Å². The van der Waals surface area contributed by atoms with E-state index in [1.165, 1.54) is 23.4 Å². The summed E-state index contributed by atoms with van der Waals surface area (Å²) in [5, 5.41) is 31.5. The number of ether oxygens (including phenoxy) is 2. The number of aromatic nitrogens is 2. The number of carbonyl (C=O) groups is 1. The Morgan fingerprint density at radius 3 is 2.45 bits per heavy atom. The Hall–Kier alpha value is -3.53. The first-order chi connectivity index (χ1) is 21.0. The van der Waals surface area contributed by atoms with E-state index in [-0.39, 0.29) is 79.9 Å². The summed E-state index contributed by atoms with van der Waals surface area (Å²) in [5.74, 6) is -1.36. The topological polar surface area (TPSA) is 129 Å². The highest BCUT2D eigenvalue weighted by atomic mass is 35.5. The predicted molar refractivity (Wildman–Crippen MR) is 153 cm³/mol. The second-order valence-corrected chi connectivity index (χ2v) is 12.0. The van der Waals surface area contributed by atoms with Gasteiger partial charge in [-0.25, -0.2) is 18.7 Å². The zero-order chi connectivity index (χ0) is 31.3. The SMILES string of the molecule is CC[C@@](O)(c1cc(F)c2c(c1)C(=O)N(Cc1ncc(C#N)cn1)[C@@]2(OC1CC(O)C1)c1ccc(Cl)cc1)C1(F)CCOCC1. The molecule has 2 fully saturated rings. The molecule has 230 valence electrons. The summed E-state index contributed by atoms with van der Waals surface area (Å²) < 4.78 is 45.1. The molecule has 1 amide bonds. The Balaban J connectivity index is 1.55. The number of amides is 1. The monoisotopic (exact) mass is 624 g/mol. The maximum atomic E-state index is 16.7. The number of hydrogen-bond acceptors (Lipinski definition) is 8. The quantitative estimate of drug-likeness (QED) is 0.371. The summed E-state index contributed by atoms with van der Waals surface area (Å²) in [5.41, 5.74) is -5.73. The highest BCUT2D eigenvalue weighted by Crippen LogP contribution is 2.52. The third-order valence-electron chi connectivity index (χ3n) is 9.08.